The van der Waals surface area contributed by atoms with Crippen LogP contribution in [0.4, 0.5) is 4.79 Å². The molecule has 0 aliphatic heterocycles. The van der Waals surface area contributed by atoms with E-state index in [4.69, 9.17) is 0 Å². The summed E-state index contributed by atoms with van der Waals surface area (Å²) in [5.41, 5.74) is 0. The van der Waals surface area contributed by atoms with Gasteiger partial charge in [-0.25, -0.2) is 4.79 Å². The second-order valence-corrected chi connectivity index (χ2v) is 4.78. The zero-order valence-electron chi connectivity index (χ0n) is 9.79. The van der Waals surface area contributed by atoms with Crippen LogP contribution in [0, 0.1) is 5.92 Å². The van der Waals surface area contributed by atoms with Crippen molar-refractivity contribution in [3.63, 3.8) is 0 Å². The van der Waals surface area contributed by atoms with Crippen molar-refractivity contribution >= 4 is 6.03 Å². The topological polar surface area (TPSA) is 23.6 Å². The molecule has 3 heteroatoms. The molecule has 3 nitrogen and oxygen atoms in total. The summed E-state index contributed by atoms with van der Waals surface area (Å²) < 4.78 is 0. The van der Waals surface area contributed by atoms with Crippen molar-refractivity contribution < 1.29 is 4.79 Å². The van der Waals surface area contributed by atoms with E-state index in [2.05, 4.69) is 13.8 Å². The molecule has 1 saturated carbocycles. The lowest BCUT2D eigenvalue weighted by Crippen LogP contribution is -2.41. The highest BCUT2D eigenvalue weighted by Gasteiger charge is 2.32. The number of nitrogens with zero attached hydrogens (tertiary/aromatic N) is 2. The average Bonchev–Trinajstić information content (AvgIpc) is 2.87. The lowest BCUT2D eigenvalue weighted by atomic mass is 10.1. The predicted molar refractivity (Wildman–Crippen MR) is 58.3 cm³/mol. The van der Waals surface area contributed by atoms with Crippen LogP contribution in [0.3, 0.4) is 0 Å². The Morgan fingerprint density at radius 2 is 1.93 bits per heavy atom. The van der Waals surface area contributed by atoms with Crippen LogP contribution in [-0.2, 0) is 0 Å². The van der Waals surface area contributed by atoms with Crippen LogP contribution in [0.5, 0.6) is 0 Å². The first-order valence-electron chi connectivity index (χ1n) is 5.50. The highest BCUT2D eigenvalue weighted by atomic mass is 16.2. The molecule has 0 atom stereocenters. The van der Waals surface area contributed by atoms with Crippen molar-refractivity contribution in [1.29, 1.82) is 0 Å². The van der Waals surface area contributed by atoms with E-state index in [1.807, 2.05) is 19.0 Å². The van der Waals surface area contributed by atoms with Gasteiger partial charge in [0.25, 0.3) is 0 Å². The normalized spacial score (nSPS) is 15.8. The molecule has 0 unspecified atom stereocenters. The summed E-state index contributed by atoms with van der Waals surface area (Å²) in [5, 5.41) is 0. The maximum Gasteiger partial charge on any atom is 0.319 e. The van der Waals surface area contributed by atoms with Gasteiger partial charge in [-0.05, 0) is 25.2 Å². The van der Waals surface area contributed by atoms with Crippen molar-refractivity contribution in [2.24, 2.45) is 5.92 Å². The Morgan fingerprint density at radius 1 is 1.36 bits per heavy atom. The summed E-state index contributed by atoms with van der Waals surface area (Å²) in [6.07, 6.45) is 3.49. The average molecular weight is 198 g/mol. The molecule has 0 heterocycles. The SMILES string of the molecule is CC(C)CCN(C(=O)N(C)C)C1CC1. The zero-order chi connectivity index (χ0) is 10.7. The fraction of sp³-hybridized carbons (Fsp3) is 0.909. The highest BCUT2D eigenvalue weighted by Crippen LogP contribution is 2.28. The molecule has 0 aromatic heterocycles. The lowest BCUT2D eigenvalue weighted by Gasteiger charge is -2.26. The lowest BCUT2D eigenvalue weighted by molar-refractivity contribution is 0.165. The summed E-state index contributed by atoms with van der Waals surface area (Å²) in [4.78, 5) is 15.5. The van der Waals surface area contributed by atoms with Crippen LogP contribution in [0.1, 0.15) is 33.1 Å². The van der Waals surface area contributed by atoms with E-state index in [0.29, 0.717) is 12.0 Å². The largest absolute Gasteiger partial charge is 0.331 e. The van der Waals surface area contributed by atoms with Gasteiger partial charge >= 0.3 is 6.03 Å². The van der Waals surface area contributed by atoms with Gasteiger partial charge in [0, 0.05) is 26.7 Å². The summed E-state index contributed by atoms with van der Waals surface area (Å²) in [6, 6.07) is 0.705. The third-order valence-electron chi connectivity index (χ3n) is 2.56. The second-order valence-electron chi connectivity index (χ2n) is 4.78. The molecule has 0 aromatic carbocycles. The number of carbonyl (C=O) groups excluding carboxylic acids is 1. The van der Waals surface area contributed by atoms with E-state index in [1.165, 1.54) is 12.8 Å². The van der Waals surface area contributed by atoms with Crippen molar-refractivity contribution in [2.45, 2.75) is 39.2 Å². The first-order valence-corrected chi connectivity index (χ1v) is 5.50. The standard InChI is InChI=1S/C11H22N2O/c1-9(2)7-8-13(10-5-6-10)11(14)12(3)4/h9-10H,5-8H2,1-4H3. The Labute approximate surface area is 87.1 Å². The van der Waals surface area contributed by atoms with Crippen molar-refractivity contribution in [2.75, 3.05) is 20.6 Å². The number of amides is 2. The minimum atomic E-state index is 0.174. The molecule has 0 radical (unpaired) electrons. The van der Waals surface area contributed by atoms with Crippen molar-refractivity contribution in [3.8, 4) is 0 Å². The van der Waals surface area contributed by atoms with E-state index in [-0.39, 0.29) is 6.03 Å². The van der Waals surface area contributed by atoms with Gasteiger partial charge in [-0.3, -0.25) is 0 Å². The smallest absolute Gasteiger partial charge is 0.319 e. The number of hydrogen-bond acceptors (Lipinski definition) is 1. The van der Waals surface area contributed by atoms with Crippen molar-refractivity contribution in [1.82, 2.24) is 9.80 Å². The Bertz CT molecular complexity index is 197. The van der Waals surface area contributed by atoms with Gasteiger partial charge in [-0.2, -0.15) is 0 Å². The maximum absolute atomic E-state index is 11.8. The van der Waals surface area contributed by atoms with Gasteiger partial charge in [0.1, 0.15) is 0 Å². The minimum Gasteiger partial charge on any atom is -0.331 e. The number of hydrogen-bond donors (Lipinski definition) is 0. The molecule has 0 aromatic rings. The van der Waals surface area contributed by atoms with Crippen LogP contribution in [0.15, 0.2) is 0 Å². The third kappa shape index (κ3) is 3.20. The molecule has 0 spiro atoms. The van der Waals surface area contributed by atoms with Gasteiger partial charge in [0.15, 0.2) is 0 Å². The Balaban J connectivity index is 2.42. The quantitative estimate of drug-likeness (QED) is 0.679. The summed E-state index contributed by atoms with van der Waals surface area (Å²) in [5.74, 6) is 0.672. The first-order chi connectivity index (χ1) is 6.52. The molecule has 0 saturated heterocycles. The minimum absolute atomic E-state index is 0.174. The Morgan fingerprint density at radius 3 is 2.29 bits per heavy atom. The molecular weight excluding hydrogens is 176 g/mol. The Hall–Kier alpha value is -0.730. The molecule has 1 aliphatic rings. The first kappa shape index (κ1) is 11.3. The van der Waals surface area contributed by atoms with Gasteiger partial charge in [0.05, 0.1) is 0 Å². The fourth-order valence-corrected chi connectivity index (χ4v) is 1.47. The molecule has 1 fully saturated rings. The molecule has 0 N–H and O–H groups in total. The monoisotopic (exact) mass is 198 g/mol. The molecule has 0 bridgehead atoms. The number of carbonyl (C=O) groups is 1. The summed E-state index contributed by atoms with van der Waals surface area (Å²) in [7, 11) is 3.65. The zero-order valence-corrected chi connectivity index (χ0v) is 9.79. The summed E-state index contributed by atoms with van der Waals surface area (Å²) in [6.45, 7) is 5.32. The van der Waals surface area contributed by atoms with Crippen LogP contribution in [-0.4, -0.2) is 42.5 Å². The van der Waals surface area contributed by atoms with E-state index in [9.17, 15) is 4.79 Å². The third-order valence-corrected chi connectivity index (χ3v) is 2.56. The predicted octanol–water partition coefficient (Wildman–Crippen LogP) is 2.18. The van der Waals surface area contributed by atoms with E-state index < -0.39 is 0 Å². The van der Waals surface area contributed by atoms with Gasteiger partial charge < -0.3 is 9.80 Å². The molecule has 14 heavy (non-hydrogen) atoms. The van der Waals surface area contributed by atoms with E-state index >= 15 is 0 Å². The molecule has 1 aliphatic carbocycles. The van der Waals surface area contributed by atoms with Crippen molar-refractivity contribution in [3.05, 3.63) is 0 Å². The molecule has 2 amide bonds. The summed E-state index contributed by atoms with van der Waals surface area (Å²) >= 11 is 0. The molecule has 82 valence electrons. The van der Waals surface area contributed by atoms with E-state index in [0.717, 1.165) is 13.0 Å². The Kier molecular flexibility index (Phi) is 3.78. The second kappa shape index (κ2) is 4.67. The molecule has 1 rings (SSSR count). The van der Waals surface area contributed by atoms with Crippen LogP contribution in [0.25, 0.3) is 0 Å². The maximum atomic E-state index is 11.8. The molecular formula is C11H22N2O. The fourth-order valence-electron chi connectivity index (χ4n) is 1.47. The van der Waals surface area contributed by atoms with Crippen LogP contribution in [0.2, 0.25) is 0 Å². The van der Waals surface area contributed by atoms with Crippen LogP contribution < -0.4 is 0 Å². The number of rotatable bonds is 4. The number of urea groups is 1. The van der Waals surface area contributed by atoms with Crippen LogP contribution >= 0.6 is 0 Å². The van der Waals surface area contributed by atoms with Gasteiger partial charge in [0.2, 0.25) is 0 Å². The van der Waals surface area contributed by atoms with Gasteiger partial charge in [-0.1, -0.05) is 13.8 Å². The highest BCUT2D eigenvalue weighted by molar-refractivity contribution is 5.74. The van der Waals surface area contributed by atoms with E-state index in [1.54, 1.807) is 4.90 Å². The van der Waals surface area contributed by atoms with Gasteiger partial charge in [-0.15, -0.1) is 0 Å².